The zero-order valence-electron chi connectivity index (χ0n) is 16.3. The molecule has 0 fully saturated rings. The van der Waals surface area contributed by atoms with Crippen LogP contribution in [0.2, 0.25) is 5.02 Å². The molecule has 150 valence electrons. The number of hydrogen-bond acceptors (Lipinski definition) is 4. The molecular weight excluding hydrogens is 418 g/mol. The Kier molecular flexibility index (Phi) is 5.53. The quantitative estimate of drug-likeness (QED) is 0.392. The molecule has 4 aromatic rings. The van der Waals surface area contributed by atoms with Crippen LogP contribution in [0.1, 0.15) is 21.5 Å². The summed E-state index contributed by atoms with van der Waals surface area (Å²) in [7, 11) is 0. The first-order valence-electron chi connectivity index (χ1n) is 9.25. The van der Waals surface area contributed by atoms with Crippen molar-refractivity contribution in [3.05, 3.63) is 82.4 Å². The summed E-state index contributed by atoms with van der Waals surface area (Å²) in [4.78, 5) is 16.9. The minimum atomic E-state index is -0.261. The van der Waals surface area contributed by atoms with E-state index in [1.165, 1.54) is 0 Å². The van der Waals surface area contributed by atoms with Crippen LogP contribution >= 0.6 is 23.8 Å². The highest BCUT2D eigenvalue weighted by atomic mass is 35.5. The van der Waals surface area contributed by atoms with Crippen molar-refractivity contribution < 1.29 is 9.21 Å². The summed E-state index contributed by atoms with van der Waals surface area (Å²) in [5.41, 5.74) is 5.56. The lowest BCUT2D eigenvalue weighted by atomic mass is 10.1. The van der Waals surface area contributed by atoms with Gasteiger partial charge in [0.25, 0.3) is 5.91 Å². The molecule has 0 unspecified atom stereocenters. The molecule has 3 aromatic carbocycles. The molecule has 1 aromatic heterocycles. The molecule has 0 aliphatic rings. The van der Waals surface area contributed by atoms with Crippen LogP contribution in [0.3, 0.4) is 0 Å². The maximum Gasteiger partial charge on any atom is 0.257 e. The average Bonchev–Trinajstić information content (AvgIpc) is 3.13. The third-order valence-corrected chi connectivity index (χ3v) is 5.15. The van der Waals surface area contributed by atoms with E-state index in [1.807, 2.05) is 50.2 Å². The molecule has 0 radical (unpaired) electrons. The van der Waals surface area contributed by atoms with E-state index in [4.69, 9.17) is 28.2 Å². The van der Waals surface area contributed by atoms with Gasteiger partial charge in [-0.25, -0.2) is 4.98 Å². The van der Waals surface area contributed by atoms with Gasteiger partial charge in [-0.1, -0.05) is 23.7 Å². The summed E-state index contributed by atoms with van der Waals surface area (Å²) in [6.45, 7) is 3.97. The summed E-state index contributed by atoms with van der Waals surface area (Å²) < 4.78 is 5.81. The van der Waals surface area contributed by atoms with Crippen molar-refractivity contribution in [1.82, 2.24) is 10.3 Å². The molecule has 1 amide bonds. The first kappa shape index (κ1) is 20.1. The Labute approximate surface area is 184 Å². The molecule has 0 aliphatic heterocycles. The number of rotatable bonds is 3. The molecule has 0 saturated carbocycles. The first-order chi connectivity index (χ1) is 14.4. The van der Waals surface area contributed by atoms with E-state index in [2.05, 4.69) is 15.6 Å². The molecule has 0 aliphatic carbocycles. The largest absolute Gasteiger partial charge is 0.436 e. The second-order valence-corrected chi connectivity index (χ2v) is 7.76. The molecule has 2 N–H and O–H groups in total. The Bertz CT molecular complexity index is 1280. The first-order valence-corrected chi connectivity index (χ1v) is 10.0. The number of aromatic nitrogens is 1. The molecule has 4 rings (SSSR count). The van der Waals surface area contributed by atoms with E-state index < -0.39 is 0 Å². The minimum Gasteiger partial charge on any atom is -0.436 e. The van der Waals surface area contributed by atoms with Crippen LogP contribution in [-0.2, 0) is 0 Å². The number of carbonyl (C=O) groups is 1. The van der Waals surface area contributed by atoms with Crippen molar-refractivity contribution in [3.8, 4) is 11.5 Å². The summed E-state index contributed by atoms with van der Waals surface area (Å²) in [5.74, 6) is 0.212. The monoisotopic (exact) mass is 435 g/mol. The lowest BCUT2D eigenvalue weighted by molar-refractivity contribution is 0.0977. The molecule has 0 spiro atoms. The number of benzene rings is 3. The molecular formula is C23H18ClN3O2S. The van der Waals surface area contributed by atoms with Gasteiger partial charge in [0.15, 0.2) is 10.7 Å². The molecule has 0 saturated heterocycles. The van der Waals surface area contributed by atoms with E-state index in [-0.39, 0.29) is 11.0 Å². The highest BCUT2D eigenvalue weighted by Gasteiger charge is 2.11. The fraction of sp³-hybridized carbons (Fsp3) is 0.0870. The van der Waals surface area contributed by atoms with Crippen LogP contribution in [0.5, 0.6) is 0 Å². The zero-order chi connectivity index (χ0) is 21.3. The van der Waals surface area contributed by atoms with Crippen LogP contribution < -0.4 is 10.6 Å². The number of nitrogens with zero attached hydrogens (tertiary/aromatic N) is 1. The fourth-order valence-electron chi connectivity index (χ4n) is 2.97. The average molecular weight is 436 g/mol. The van der Waals surface area contributed by atoms with Crippen LogP contribution in [-0.4, -0.2) is 16.0 Å². The standard InChI is InChI=1S/C23H18ClN3O2S/c1-13-6-7-15(10-14(13)2)21(28)27-23(30)25-18-5-3-4-16(11-18)22-26-19-12-17(24)8-9-20(19)29-22/h3-12H,1-2H3,(H2,25,27,28,30). The highest BCUT2D eigenvalue weighted by molar-refractivity contribution is 7.80. The Balaban J connectivity index is 1.48. The van der Waals surface area contributed by atoms with Crippen LogP contribution in [0.4, 0.5) is 5.69 Å². The summed E-state index contributed by atoms with van der Waals surface area (Å²) in [5, 5.41) is 6.54. The van der Waals surface area contributed by atoms with Crippen LogP contribution in [0.25, 0.3) is 22.6 Å². The Morgan fingerprint density at radius 2 is 1.87 bits per heavy atom. The van der Waals surface area contributed by atoms with Crippen molar-refractivity contribution in [2.24, 2.45) is 0 Å². The second-order valence-electron chi connectivity index (χ2n) is 6.92. The van der Waals surface area contributed by atoms with Crippen LogP contribution in [0, 0.1) is 13.8 Å². The minimum absolute atomic E-state index is 0.208. The number of aryl methyl sites for hydroxylation is 2. The Morgan fingerprint density at radius 1 is 1.03 bits per heavy atom. The van der Waals surface area contributed by atoms with E-state index in [0.29, 0.717) is 33.3 Å². The third kappa shape index (κ3) is 4.35. The van der Waals surface area contributed by atoms with Gasteiger partial charge in [0.2, 0.25) is 5.89 Å². The van der Waals surface area contributed by atoms with E-state index in [0.717, 1.165) is 16.7 Å². The fourth-order valence-corrected chi connectivity index (χ4v) is 3.35. The second kappa shape index (κ2) is 8.26. The summed E-state index contributed by atoms with van der Waals surface area (Å²) in [6.07, 6.45) is 0. The predicted molar refractivity (Wildman–Crippen MR) is 124 cm³/mol. The number of oxazole rings is 1. The van der Waals surface area contributed by atoms with Crippen LogP contribution in [0.15, 0.2) is 65.1 Å². The van der Waals surface area contributed by atoms with Crippen molar-refractivity contribution >= 4 is 51.6 Å². The van der Waals surface area contributed by atoms with Crippen molar-refractivity contribution in [2.75, 3.05) is 5.32 Å². The van der Waals surface area contributed by atoms with Crippen molar-refractivity contribution in [2.45, 2.75) is 13.8 Å². The predicted octanol–water partition coefficient (Wildman–Crippen LogP) is 5.89. The van der Waals surface area contributed by atoms with E-state index in [9.17, 15) is 4.79 Å². The number of nitrogens with one attached hydrogen (secondary N) is 2. The van der Waals surface area contributed by atoms with Gasteiger partial charge in [0.05, 0.1) is 0 Å². The smallest absolute Gasteiger partial charge is 0.257 e. The zero-order valence-corrected chi connectivity index (χ0v) is 17.9. The maximum absolute atomic E-state index is 12.4. The normalized spacial score (nSPS) is 10.8. The number of thiocarbonyl (C=S) groups is 1. The SMILES string of the molecule is Cc1ccc(C(=O)NC(=S)Nc2cccc(-c3nc4cc(Cl)ccc4o3)c2)cc1C. The molecule has 0 bridgehead atoms. The number of fused-ring (bicyclic) bond motifs is 1. The lowest BCUT2D eigenvalue weighted by Gasteiger charge is -2.11. The van der Waals surface area contributed by atoms with Gasteiger partial charge in [0, 0.05) is 21.8 Å². The van der Waals surface area contributed by atoms with E-state index in [1.54, 1.807) is 24.3 Å². The lowest BCUT2D eigenvalue weighted by Crippen LogP contribution is -2.34. The number of halogens is 1. The molecule has 30 heavy (non-hydrogen) atoms. The number of anilines is 1. The molecule has 7 heteroatoms. The van der Waals surface area contributed by atoms with Gasteiger partial charge in [0.1, 0.15) is 5.52 Å². The molecule has 1 heterocycles. The highest BCUT2D eigenvalue weighted by Crippen LogP contribution is 2.27. The molecule has 5 nitrogen and oxygen atoms in total. The van der Waals surface area contributed by atoms with Gasteiger partial charge in [-0.05, 0) is 85.7 Å². The summed E-state index contributed by atoms with van der Waals surface area (Å²) >= 11 is 11.3. The van der Waals surface area contributed by atoms with Crippen molar-refractivity contribution in [1.29, 1.82) is 0 Å². The molecule has 0 atom stereocenters. The Morgan fingerprint density at radius 3 is 2.67 bits per heavy atom. The summed E-state index contributed by atoms with van der Waals surface area (Å²) in [6, 6.07) is 18.3. The van der Waals surface area contributed by atoms with Gasteiger partial charge >= 0.3 is 0 Å². The Hall–Kier alpha value is -3.22. The van der Waals surface area contributed by atoms with Gasteiger partial charge in [-0.3, -0.25) is 10.1 Å². The number of amides is 1. The van der Waals surface area contributed by atoms with Gasteiger partial charge in [-0.2, -0.15) is 0 Å². The van der Waals surface area contributed by atoms with Gasteiger partial charge in [-0.15, -0.1) is 0 Å². The third-order valence-electron chi connectivity index (χ3n) is 4.71. The maximum atomic E-state index is 12.4. The van der Waals surface area contributed by atoms with Gasteiger partial charge < -0.3 is 9.73 Å². The number of hydrogen-bond donors (Lipinski definition) is 2. The number of carbonyl (C=O) groups excluding carboxylic acids is 1. The van der Waals surface area contributed by atoms with E-state index >= 15 is 0 Å². The topological polar surface area (TPSA) is 67.2 Å². The van der Waals surface area contributed by atoms with Crippen molar-refractivity contribution in [3.63, 3.8) is 0 Å².